The van der Waals surface area contributed by atoms with Crippen molar-refractivity contribution in [1.82, 2.24) is 15.1 Å². The van der Waals surface area contributed by atoms with Crippen LogP contribution in [-0.2, 0) is 13.0 Å². The van der Waals surface area contributed by atoms with Crippen LogP contribution in [0.3, 0.4) is 0 Å². The van der Waals surface area contributed by atoms with E-state index in [4.69, 9.17) is 11.6 Å². The third kappa shape index (κ3) is 3.89. The molecule has 0 bridgehead atoms. The molecule has 32 heavy (non-hydrogen) atoms. The van der Waals surface area contributed by atoms with Crippen LogP contribution in [0.5, 0.6) is 0 Å². The standard InChI is InChI=1S/C24H23ClN4O3/c25-17-4-2-6-19(12-17)29-22-20(21(27-29)23(31)26-13-15-7-8-15)9-10-28(24(22)32)18-5-1-3-16(11-18)14-30/h1-6,11-12,15,30H,7-10,13-14H2,(H,26,31). The minimum atomic E-state index is -0.252. The van der Waals surface area contributed by atoms with Crippen LogP contribution < -0.4 is 10.2 Å². The number of carbonyl (C=O) groups is 2. The maximum atomic E-state index is 13.6. The maximum Gasteiger partial charge on any atom is 0.277 e. The average Bonchev–Trinajstić information content (AvgIpc) is 3.55. The number of aliphatic hydroxyl groups is 1. The van der Waals surface area contributed by atoms with E-state index in [0.717, 1.165) is 18.4 Å². The number of amides is 2. The Morgan fingerprint density at radius 3 is 2.69 bits per heavy atom. The summed E-state index contributed by atoms with van der Waals surface area (Å²) in [5, 5.41) is 17.5. The molecule has 164 valence electrons. The van der Waals surface area contributed by atoms with Crippen LogP contribution in [0.25, 0.3) is 5.69 Å². The molecule has 2 N–H and O–H groups in total. The predicted molar refractivity (Wildman–Crippen MR) is 121 cm³/mol. The first-order chi connectivity index (χ1) is 15.5. The number of benzene rings is 2. The molecule has 1 saturated carbocycles. The molecule has 0 atom stereocenters. The third-order valence-corrected chi connectivity index (χ3v) is 6.17. The molecule has 0 spiro atoms. The van der Waals surface area contributed by atoms with Crippen LogP contribution in [-0.4, -0.2) is 39.8 Å². The molecule has 7 nitrogen and oxygen atoms in total. The number of anilines is 1. The zero-order chi connectivity index (χ0) is 22.2. The number of nitrogens with zero attached hydrogens (tertiary/aromatic N) is 3. The Kier molecular flexibility index (Phi) is 5.45. The number of hydrogen-bond donors (Lipinski definition) is 2. The maximum absolute atomic E-state index is 13.6. The van der Waals surface area contributed by atoms with E-state index in [-0.39, 0.29) is 24.1 Å². The van der Waals surface area contributed by atoms with Gasteiger partial charge in [-0.1, -0.05) is 29.8 Å². The van der Waals surface area contributed by atoms with Crippen LogP contribution >= 0.6 is 11.6 Å². The SMILES string of the molecule is O=C(NCC1CC1)c1nn(-c2cccc(Cl)c2)c2c1CCN(c1cccc(CO)c1)C2=O. The van der Waals surface area contributed by atoms with Gasteiger partial charge in [-0.15, -0.1) is 0 Å². The number of halogens is 1. The number of fused-ring (bicyclic) bond motifs is 1. The number of aliphatic hydroxyl groups excluding tert-OH is 1. The van der Waals surface area contributed by atoms with E-state index in [1.807, 2.05) is 24.3 Å². The smallest absolute Gasteiger partial charge is 0.277 e. The summed E-state index contributed by atoms with van der Waals surface area (Å²) in [5.41, 5.74) is 3.35. The monoisotopic (exact) mass is 450 g/mol. The lowest BCUT2D eigenvalue weighted by Crippen LogP contribution is -2.39. The number of carbonyl (C=O) groups excluding carboxylic acids is 2. The third-order valence-electron chi connectivity index (χ3n) is 5.94. The summed E-state index contributed by atoms with van der Waals surface area (Å²) in [6, 6.07) is 14.3. The van der Waals surface area contributed by atoms with Crippen molar-refractivity contribution in [2.45, 2.75) is 25.9 Å². The number of aromatic nitrogens is 2. The number of hydrogen-bond acceptors (Lipinski definition) is 4. The Hall–Kier alpha value is -3.16. The van der Waals surface area contributed by atoms with E-state index in [2.05, 4.69) is 10.4 Å². The van der Waals surface area contributed by atoms with E-state index >= 15 is 0 Å². The second kappa shape index (κ2) is 8.41. The van der Waals surface area contributed by atoms with Crippen molar-refractivity contribution in [2.24, 2.45) is 5.92 Å². The van der Waals surface area contributed by atoms with E-state index in [1.165, 1.54) is 4.68 Å². The highest BCUT2D eigenvalue weighted by Crippen LogP contribution is 2.31. The van der Waals surface area contributed by atoms with Crippen molar-refractivity contribution in [1.29, 1.82) is 0 Å². The first-order valence-electron chi connectivity index (χ1n) is 10.7. The summed E-state index contributed by atoms with van der Waals surface area (Å²) in [5.74, 6) is 0.0493. The van der Waals surface area contributed by atoms with E-state index in [1.54, 1.807) is 29.2 Å². The summed E-state index contributed by atoms with van der Waals surface area (Å²) >= 11 is 6.19. The lowest BCUT2D eigenvalue weighted by atomic mass is 10.0. The van der Waals surface area contributed by atoms with Gasteiger partial charge in [0.2, 0.25) is 0 Å². The number of nitrogens with one attached hydrogen (secondary N) is 1. The van der Waals surface area contributed by atoms with Gasteiger partial charge in [0, 0.05) is 29.4 Å². The lowest BCUT2D eigenvalue weighted by Gasteiger charge is -2.28. The fraction of sp³-hybridized carbons (Fsp3) is 0.292. The van der Waals surface area contributed by atoms with Gasteiger partial charge >= 0.3 is 0 Å². The Bertz CT molecular complexity index is 1200. The van der Waals surface area contributed by atoms with E-state index in [9.17, 15) is 14.7 Å². The molecule has 1 fully saturated rings. The molecule has 3 aromatic rings. The van der Waals surface area contributed by atoms with Crippen molar-refractivity contribution in [3.05, 3.63) is 76.1 Å². The van der Waals surface area contributed by atoms with Crippen LogP contribution in [0.1, 0.15) is 44.9 Å². The van der Waals surface area contributed by atoms with Gasteiger partial charge in [0.1, 0.15) is 5.69 Å². The second-order valence-corrected chi connectivity index (χ2v) is 8.69. The molecule has 8 heteroatoms. The molecule has 5 rings (SSSR count). The molecule has 1 aliphatic heterocycles. The zero-order valence-electron chi connectivity index (χ0n) is 17.4. The zero-order valence-corrected chi connectivity index (χ0v) is 18.2. The normalized spacial score (nSPS) is 15.6. The van der Waals surface area contributed by atoms with Gasteiger partial charge in [-0.3, -0.25) is 9.59 Å². The van der Waals surface area contributed by atoms with Crippen molar-refractivity contribution < 1.29 is 14.7 Å². The van der Waals surface area contributed by atoms with Crippen LogP contribution in [0, 0.1) is 5.92 Å². The molecule has 1 aliphatic carbocycles. The molecule has 0 saturated heterocycles. The van der Waals surface area contributed by atoms with Gasteiger partial charge in [0.25, 0.3) is 11.8 Å². The number of rotatable bonds is 6. The summed E-state index contributed by atoms with van der Waals surface area (Å²) in [6.45, 7) is 0.948. The minimum absolute atomic E-state index is 0.104. The highest BCUT2D eigenvalue weighted by molar-refractivity contribution is 6.30. The first-order valence-corrected chi connectivity index (χ1v) is 11.1. The lowest BCUT2D eigenvalue weighted by molar-refractivity contribution is 0.0945. The highest BCUT2D eigenvalue weighted by atomic mass is 35.5. The van der Waals surface area contributed by atoms with Gasteiger partial charge in [-0.25, -0.2) is 4.68 Å². The fourth-order valence-electron chi connectivity index (χ4n) is 4.05. The van der Waals surface area contributed by atoms with Gasteiger partial charge in [-0.05, 0) is 61.1 Å². The summed E-state index contributed by atoms with van der Waals surface area (Å²) in [7, 11) is 0. The van der Waals surface area contributed by atoms with Gasteiger partial charge < -0.3 is 15.3 Å². The minimum Gasteiger partial charge on any atom is -0.392 e. The topological polar surface area (TPSA) is 87.5 Å². The molecule has 1 aromatic heterocycles. The molecule has 2 heterocycles. The largest absolute Gasteiger partial charge is 0.392 e. The van der Waals surface area contributed by atoms with Crippen LogP contribution in [0.2, 0.25) is 5.02 Å². The summed E-state index contributed by atoms with van der Waals surface area (Å²) in [6.07, 6.45) is 2.77. The quantitative estimate of drug-likeness (QED) is 0.602. The van der Waals surface area contributed by atoms with Crippen LogP contribution in [0.4, 0.5) is 5.69 Å². The van der Waals surface area contributed by atoms with Gasteiger partial charge in [0.15, 0.2) is 5.69 Å². The summed E-state index contributed by atoms with van der Waals surface area (Å²) < 4.78 is 1.53. The molecular weight excluding hydrogens is 428 g/mol. The van der Waals surface area contributed by atoms with Gasteiger partial charge in [0.05, 0.1) is 12.3 Å². The highest BCUT2D eigenvalue weighted by Gasteiger charge is 2.35. The Morgan fingerprint density at radius 2 is 1.94 bits per heavy atom. The second-order valence-electron chi connectivity index (χ2n) is 8.26. The molecule has 2 aromatic carbocycles. The predicted octanol–water partition coefficient (Wildman–Crippen LogP) is 3.36. The Morgan fingerprint density at radius 1 is 1.16 bits per heavy atom. The van der Waals surface area contributed by atoms with Crippen molar-refractivity contribution in [2.75, 3.05) is 18.0 Å². The molecule has 2 amide bonds. The molecule has 2 aliphatic rings. The molecular formula is C24H23ClN4O3. The first kappa shape index (κ1) is 20.7. The average molecular weight is 451 g/mol. The van der Waals surface area contributed by atoms with Crippen molar-refractivity contribution in [3.63, 3.8) is 0 Å². The summed E-state index contributed by atoms with van der Waals surface area (Å²) in [4.78, 5) is 28.2. The molecule has 0 unspecified atom stereocenters. The van der Waals surface area contributed by atoms with E-state index < -0.39 is 0 Å². The van der Waals surface area contributed by atoms with E-state index in [0.29, 0.717) is 53.1 Å². The van der Waals surface area contributed by atoms with Crippen LogP contribution in [0.15, 0.2) is 48.5 Å². The van der Waals surface area contributed by atoms with Crippen molar-refractivity contribution in [3.8, 4) is 5.69 Å². The Balaban J connectivity index is 1.57. The van der Waals surface area contributed by atoms with Crippen molar-refractivity contribution >= 4 is 29.1 Å². The molecule has 0 radical (unpaired) electrons. The van der Waals surface area contributed by atoms with Gasteiger partial charge in [-0.2, -0.15) is 5.10 Å². The fourth-order valence-corrected chi connectivity index (χ4v) is 4.23. The Labute approximate surface area is 190 Å².